The fraction of sp³-hybridized carbons (Fsp3) is 0.538. The third kappa shape index (κ3) is 5.43. The minimum absolute atomic E-state index is 0.191. The standard InChI is InChI=1S/C26H34ClFN2/c1-2-12-30(19-24-25(27)6-5-7-26(24)28)18-21-15-23(16-21)22-10-8-20(9-11-22)17-29-13-3-4-14-29/h5-11,21,23H,2-4,12-19H2,1H3/t21-,23-. The van der Waals surface area contributed by atoms with Gasteiger partial charge in [0.2, 0.25) is 0 Å². The maximum Gasteiger partial charge on any atom is 0.129 e. The summed E-state index contributed by atoms with van der Waals surface area (Å²) in [5, 5.41) is 0.539. The van der Waals surface area contributed by atoms with Crippen LogP contribution in [-0.4, -0.2) is 36.0 Å². The van der Waals surface area contributed by atoms with E-state index in [0.29, 0.717) is 29.0 Å². The molecule has 1 saturated carbocycles. The number of nitrogens with zero attached hydrogens (tertiary/aromatic N) is 2. The van der Waals surface area contributed by atoms with E-state index in [9.17, 15) is 4.39 Å². The first kappa shape index (κ1) is 21.8. The topological polar surface area (TPSA) is 6.48 Å². The predicted octanol–water partition coefficient (Wildman–Crippen LogP) is 6.48. The van der Waals surface area contributed by atoms with Crippen LogP contribution in [0.15, 0.2) is 42.5 Å². The third-order valence-corrected chi connectivity index (χ3v) is 7.15. The van der Waals surface area contributed by atoms with E-state index in [4.69, 9.17) is 11.6 Å². The van der Waals surface area contributed by atoms with E-state index in [0.717, 1.165) is 26.1 Å². The summed E-state index contributed by atoms with van der Waals surface area (Å²) >= 11 is 6.26. The number of hydrogen-bond acceptors (Lipinski definition) is 2. The zero-order valence-corrected chi connectivity index (χ0v) is 18.9. The van der Waals surface area contributed by atoms with Gasteiger partial charge in [0.25, 0.3) is 0 Å². The molecule has 2 aliphatic rings. The Morgan fingerprint density at radius 1 is 1.07 bits per heavy atom. The van der Waals surface area contributed by atoms with Crippen LogP contribution in [-0.2, 0) is 13.1 Å². The zero-order chi connectivity index (χ0) is 20.9. The molecule has 1 aliphatic carbocycles. The molecule has 2 fully saturated rings. The van der Waals surface area contributed by atoms with E-state index in [-0.39, 0.29) is 5.82 Å². The van der Waals surface area contributed by atoms with E-state index >= 15 is 0 Å². The fourth-order valence-electron chi connectivity index (χ4n) is 5.07. The minimum Gasteiger partial charge on any atom is -0.299 e. The maximum atomic E-state index is 14.2. The molecule has 162 valence electrons. The van der Waals surface area contributed by atoms with Crippen molar-refractivity contribution in [3.8, 4) is 0 Å². The molecule has 0 aromatic heterocycles. The van der Waals surface area contributed by atoms with Gasteiger partial charge in [-0.1, -0.05) is 48.9 Å². The summed E-state index contributed by atoms with van der Waals surface area (Å²) in [6, 6.07) is 14.3. The van der Waals surface area contributed by atoms with Gasteiger partial charge >= 0.3 is 0 Å². The first-order valence-corrected chi connectivity index (χ1v) is 12.0. The van der Waals surface area contributed by atoms with Crippen molar-refractivity contribution in [2.45, 2.75) is 58.0 Å². The van der Waals surface area contributed by atoms with E-state index < -0.39 is 0 Å². The van der Waals surface area contributed by atoms with E-state index in [1.54, 1.807) is 12.1 Å². The van der Waals surface area contributed by atoms with Gasteiger partial charge in [-0.25, -0.2) is 4.39 Å². The Hall–Kier alpha value is -1.42. The summed E-state index contributed by atoms with van der Waals surface area (Å²) in [4.78, 5) is 4.93. The van der Waals surface area contributed by atoms with Crippen molar-refractivity contribution < 1.29 is 4.39 Å². The molecule has 2 aromatic carbocycles. The van der Waals surface area contributed by atoms with Crippen LogP contribution in [0.25, 0.3) is 0 Å². The van der Waals surface area contributed by atoms with Crippen molar-refractivity contribution in [1.82, 2.24) is 9.80 Å². The lowest BCUT2D eigenvalue weighted by Gasteiger charge is -2.39. The van der Waals surface area contributed by atoms with Crippen LogP contribution in [0.1, 0.15) is 61.6 Å². The van der Waals surface area contributed by atoms with Crippen molar-refractivity contribution in [1.29, 1.82) is 0 Å². The second-order valence-electron chi connectivity index (χ2n) is 9.19. The molecule has 0 unspecified atom stereocenters. The van der Waals surface area contributed by atoms with Crippen LogP contribution in [0.3, 0.4) is 0 Å². The largest absolute Gasteiger partial charge is 0.299 e. The van der Waals surface area contributed by atoms with Crippen LogP contribution in [0.2, 0.25) is 5.02 Å². The lowest BCUT2D eigenvalue weighted by atomic mass is 9.71. The average Bonchev–Trinajstić information content (AvgIpc) is 3.21. The second-order valence-corrected chi connectivity index (χ2v) is 9.60. The molecule has 4 heteroatoms. The quantitative estimate of drug-likeness (QED) is 0.451. The summed E-state index contributed by atoms with van der Waals surface area (Å²) in [5.74, 6) is 1.18. The van der Waals surface area contributed by atoms with Gasteiger partial charge in [-0.3, -0.25) is 9.80 Å². The van der Waals surface area contributed by atoms with Crippen LogP contribution < -0.4 is 0 Å². The number of benzene rings is 2. The van der Waals surface area contributed by atoms with Gasteiger partial charge in [-0.15, -0.1) is 0 Å². The van der Waals surface area contributed by atoms with Crippen LogP contribution >= 0.6 is 11.6 Å². The zero-order valence-electron chi connectivity index (χ0n) is 18.1. The van der Waals surface area contributed by atoms with E-state index in [1.165, 1.54) is 56.0 Å². The van der Waals surface area contributed by atoms with Crippen LogP contribution in [0.5, 0.6) is 0 Å². The Bertz CT molecular complexity index is 790. The van der Waals surface area contributed by atoms with Crippen molar-refractivity contribution in [2.75, 3.05) is 26.2 Å². The summed E-state index contributed by atoms with van der Waals surface area (Å²) in [6.45, 7) is 8.39. The molecule has 0 radical (unpaired) electrons. The summed E-state index contributed by atoms with van der Waals surface area (Å²) in [6.07, 6.45) is 6.23. The SMILES string of the molecule is CCCN(Cc1c(F)cccc1Cl)C[C@H]1C[C@H](c2ccc(CN3CCCC3)cc2)C1. The molecule has 0 atom stereocenters. The minimum atomic E-state index is -0.191. The summed E-state index contributed by atoms with van der Waals surface area (Å²) in [7, 11) is 0. The highest BCUT2D eigenvalue weighted by molar-refractivity contribution is 6.31. The van der Waals surface area contributed by atoms with Gasteiger partial charge in [-0.2, -0.15) is 0 Å². The van der Waals surface area contributed by atoms with E-state index in [2.05, 4.69) is 41.0 Å². The van der Waals surface area contributed by atoms with Crippen LogP contribution in [0, 0.1) is 11.7 Å². The molecule has 4 rings (SSSR count). The summed E-state index contributed by atoms with van der Waals surface area (Å²) in [5.41, 5.74) is 3.56. The van der Waals surface area contributed by atoms with Gasteiger partial charge in [0.1, 0.15) is 5.82 Å². The highest BCUT2D eigenvalue weighted by atomic mass is 35.5. The Balaban J connectivity index is 1.28. The molecular formula is C26H34ClFN2. The Labute approximate surface area is 186 Å². The van der Waals surface area contributed by atoms with Gasteiger partial charge < -0.3 is 0 Å². The van der Waals surface area contributed by atoms with Crippen LogP contribution in [0.4, 0.5) is 4.39 Å². The molecule has 2 nitrogen and oxygen atoms in total. The van der Waals surface area contributed by atoms with Crippen molar-refractivity contribution in [2.24, 2.45) is 5.92 Å². The highest BCUT2D eigenvalue weighted by Gasteiger charge is 2.31. The predicted molar refractivity (Wildman–Crippen MR) is 123 cm³/mol. The lowest BCUT2D eigenvalue weighted by molar-refractivity contribution is 0.152. The van der Waals surface area contributed by atoms with Gasteiger partial charge in [0, 0.05) is 30.2 Å². The Morgan fingerprint density at radius 2 is 1.80 bits per heavy atom. The molecular weight excluding hydrogens is 395 g/mol. The van der Waals surface area contributed by atoms with Crippen molar-refractivity contribution >= 4 is 11.6 Å². The fourth-order valence-corrected chi connectivity index (χ4v) is 5.30. The third-order valence-electron chi connectivity index (χ3n) is 6.79. The molecule has 0 spiro atoms. The Morgan fingerprint density at radius 3 is 2.47 bits per heavy atom. The van der Waals surface area contributed by atoms with Gasteiger partial charge in [0.05, 0.1) is 0 Å². The molecule has 1 aliphatic heterocycles. The first-order chi connectivity index (χ1) is 14.6. The molecule has 0 bridgehead atoms. The number of hydrogen-bond donors (Lipinski definition) is 0. The Kier molecular flexibility index (Phi) is 7.45. The molecule has 30 heavy (non-hydrogen) atoms. The lowest BCUT2D eigenvalue weighted by Crippen LogP contribution is -2.36. The smallest absolute Gasteiger partial charge is 0.129 e. The highest BCUT2D eigenvalue weighted by Crippen LogP contribution is 2.42. The molecule has 0 N–H and O–H groups in total. The number of rotatable bonds is 9. The molecule has 0 amide bonds. The molecule has 1 saturated heterocycles. The monoisotopic (exact) mass is 428 g/mol. The van der Waals surface area contributed by atoms with Crippen molar-refractivity contribution in [3.05, 3.63) is 70.0 Å². The first-order valence-electron chi connectivity index (χ1n) is 11.6. The summed E-state index contributed by atoms with van der Waals surface area (Å²) < 4.78 is 14.2. The number of likely N-dealkylation sites (tertiary alicyclic amines) is 1. The van der Waals surface area contributed by atoms with Crippen molar-refractivity contribution in [3.63, 3.8) is 0 Å². The molecule has 1 heterocycles. The average molecular weight is 429 g/mol. The normalized spacial score (nSPS) is 21.9. The second kappa shape index (κ2) is 10.3. The maximum absolute atomic E-state index is 14.2. The number of halogens is 2. The van der Waals surface area contributed by atoms with E-state index in [1.807, 2.05) is 0 Å². The van der Waals surface area contributed by atoms with Gasteiger partial charge in [-0.05, 0) is 86.8 Å². The molecule has 2 aromatic rings. The van der Waals surface area contributed by atoms with Gasteiger partial charge in [0.15, 0.2) is 0 Å².